The minimum absolute atomic E-state index is 0.0872. The molecule has 0 fully saturated rings. The fourth-order valence-electron chi connectivity index (χ4n) is 2.67. The highest BCUT2D eigenvalue weighted by atomic mass is 16.3. The number of nitrogens with zero attached hydrogens (tertiary/aromatic N) is 3. The van der Waals surface area contributed by atoms with Gasteiger partial charge in [0.15, 0.2) is 11.6 Å². The number of fused-ring (bicyclic) bond motifs is 1. The number of hydrogen-bond donors (Lipinski definition) is 1. The first-order valence-electron chi connectivity index (χ1n) is 7.15. The molecule has 1 aliphatic carbocycles. The highest BCUT2D eigenvalue weighted by Crippen LogP contribution is 2.35. The Labute approximate surface area is 128 Å². The second kappa shape index (κ2) is 5.33. The molecule has 22 heavy (non-hydrogen) atoms. The van der Waals surface area contributed by atoms with Crippen molar-refractivity contribution in [3.05, 3.63) is 41.9 Å². The van der Waals surface area contributed by atoms with Gasteiger partial charge in [-0.25, -0.2) is 15.0 Å². The van der Waals surface area contributed by atoms with E-state index in [4.69, 9.17) is 0 Å². The van der Waals surface area contributed by atoms with Gasteiger partial charge in [-0.3, -0.25) is 4.79 Å². The van der Waals surface area contributed by atoms with Crippen LogP contribution < -0.4 is 0 Å². The third-order valence-electron chi connectivity index (χ3n) is 3.73. The minimum Gasteiger partial charge on any atom is -0.511 e. The molecule has 0 radical (unpaired) electrons. The molecule has 5 nitrogen and oxygen atoms in total. The minimum atomic E-state index is -0.208. The Morgan fingerprint density at radius 2 is 2.00 bits per heavy atom. The molecular formula is C17H17N3O2. The molecule has 0 atom stereocenters. The molecule has 1 heterocycles. The van der Waals surface area contributed by atoms with Crippen LogP contribution in [0.25, 0.3) is 10.9 Å². The van der Waals surface area contributed by atoms with Crippen molar-refractivity contribution in [3.63, 3.8) is 0 Å². The van der Waals surface area contributed by atoms with E-state index < -0.39 is 0 Å². The molecule has 1 N–H and O–H groups in total. The lowest BCUT2D eigenvalue weighted by Gasteiger charge is -2.28. The molecule has 0 aliphatic heterocycles. The number of aromatic nitrogens is 2. The number of para-hydroxylation sites is 1. The lowest BCUT2D eigenvalue weighted by Crippen LogP contribution is -2.26. The summed E-state index contributed by atoms with van der Waals surface area (Å²) < 4.78 is 0. The Hall–Kier alpha value is -2.56. The molecule has 112 valence electrons. The quantitative estimate of drug-likeness (QED) is 0.860. The fraction of sp³-hybridized carbons (Fsp3) is 0.294. The van der Waals surface area contributed by atoms with Crippen LogP contribution in [0.2, 0.25) is 0 Å². The van der Waals surface area contributed by atoms with Crippen LogP contribution in [0.4, 0.5) is 5.82 Å². The van der Waals surface area contributed by atoms with Crippen molar-refractivity contribution < 1.29 is 9.90 Å². The fourth-order valence-corrected chi connectivity index (χ4v) is 2.67. The Bertz CT molecular complexity index is 801. The monoisotopic (exact) mass is 295 g/mol. The van der Waals surface area contributed by atoms with Crippen LogP contribution in [0.5, 0.6) is 0 Å². The molecular weight excluding hydrogens is 278 g/mol. The number of aliphatic imine (C=N–C) groups is 1. The van der Waals surface area contributed by atoms with E-state index in [1.165, 1.54) is 12.5 Å². The first-order valence-corrected chi connectivity index (χ1v) is 7.15. The van der Waals surface area contributed by atoms with Gasteiger partial charge in [-0.1, -0.05) is 26.0 Å². The van der Waals surface area contributed by atoms with E-state index in [0.29, 0.717) is 18.7 Å². The van der Waals surface area contributed by atoms with Crippen LogP contribution >= 0.6 is 0 Å². The number of ketones is 1. The Balaban J connectivity index is 1.98. The second-order valence-corrected chi connectivity index (χ2v) is 6.27. The summed E-state index contributed by atoms with van der Waals surface area (Å²) in [5.41, 5.74) is 0.862. The van der Waals surface area contributed by atoms with Gasteiger partial charge < -0.3 is 5.11 Å². The highest BCUT2D eigenvalue weighted by molar-refractivity contribution is 6.15. The number of benzene rings is 1. The molecule has 2 aromatic rings. The molecule has 0 unspecified atom stereocenters. The van der Waals surface area contributed by atoms with Crippen molar-refractivity contribution >= 4 is 28.7 Å². The molecule has 1 aliphatic rings. The number of rotatable bonds is 2. The van der Waals surface area contributed by atoms with E-state index >= 15 is 0 Å². The van der Waals surface area contributed by atoms with Crippen molar-refractivity contribution in [2.24, 2.45) is 10.4 Å². The lowest BCUT2D eigenvalue weighted by molar-refractivity contribution is -0.117. The molecule has 0 amide bonds. The zero-order valence-electron chi connectivity index (χ0n) is 12.6. The summed E-state index contributed by atoms with van der Waals surface area (Å²) in [5.74, 6) is 0.503. The molecule has 0 bridgehead atoms. The van der Waals surface area contributed by atoms with Gasteiger partial charge in [0.2, 0.25) is 0 Å². The topological polar surface area (TPSA) is 75.4 Å². The maximum absolute atomic E-state index is 12.2. The Morgan fingerprint density at radius 3 is 2.77 bits per heavy atom. The van der Waals surface area contributed by atoms with Crippen molar-refractivity contribution in [2.75, 3.05) is 0 Å². The summed E-state index contributed by atoms with van der Waals surface area (Å²) in [6.07, 6.45) is 3.74. The van der Waals surface area contributed by atoms with Gasteiger partial charge in [-0.15, -0.1) is 0 Å². The SMILES string of the molecule is CC1(C)CC(=O)C(C=Nc2ncnc3ccccc23)=C(O)C1. The molecule has 1 aromatic heterocycles. The number of allylic oxidation sites excluding steroid dienone is 2. The van der Waals surface area contributed by atoms with Crippen molar-refractivity contribution in [1.29, 1.82) is 0 Å². The van der Waals surface area contributed by atoms with Gasteiger partial charge in [-0.2, -0.15) is 0 Å². The standard InChI is InChI=1S/C17H17N3O2/c1-17(2)7-14(21)12(15(22)8-17)9-18-16-11-5-3-4-6-13(11)19-10-20-16/h3-6,9-10,21H,7-8H2,1-2H3. The number of carbonyl (C=O) groups is 1. The summed E-state index contributed by atoms with van der Waals surface area (Å²) in [4.78, 5) is 24.8. The number of Topliss-reactive ketones (excluding diaryl/α,β-unsaturated/α-hetero) is 1. The smallest absolute Gasteiger partial charge is 0.168 e. The summed E-state index contributed by atoms with van der Waals surface area (Å²) in [6, 6.07) is 7.53. The van der Waals surface area contributed by atoms with Crippen LogP contribution in [0, 0.1) is 5.41 Å². The van der Waals surface area contributed by atoms with Crippen LogP contribution in [0.15, 0.2) is 46.9 Å². The summed E-state index contributed by atoms with van der Waals surface area (Å²) in [6.45, 7) is 3.93. The molecule has 0 saturated heterocycles. The summed E-state index contributed by atoms with van der Waals surface area (Å²) >= 11 is 0. The maximum atomic E-state index is 12.2. The third-order valence-corrected chi connectivity index (χ3v) is 3.73. The number of aliphatic hydroxyl groups excluding tert-OH is 1. The third kappa shape index (κ3) is 2.74. The van der Waals surface area contributed by atoms with E-state index in [-0.39, 0.29) is 22.5 Å². The van der Waals surface area contributed by atoms with Gasteiger partial charge >= 0.3 is 0 Å². The van der Waals surface area contributed by atoms with E-state index in [1.807, 2.05) is 38.1 Å². The maximum Gasteiger partial charge on any atom is 0.168 e. The largest absolute Gasteiger partial charge is 0.511 e. The van der Waals surface area contributed by atoms with Crippen molar-refractivity contribution in [1.82, 2.24) is 9.97 Å². The molecule has 5 heteroatoms. The predicted molar refractivity (Wildman–Crippen MR) is 85.4 cm³/mol. The molecule has 0 saturated carbocycles. The summed E-state index contributed by atoms with van der Waals surface area (Å²) in [5, 5.41) is 10.9. The van der Waals surface area contributed by atoms with E-state index in [1.54, 1.807) is 0 Å². The van der Waals surface area contributed by atoms with Gasteiger partial charge in [0, 0.05) is 24.4 Å². The Morgan fingerprint density at radius 1 is 1.23 bits per heavy atom. The van der Waals surface area contributed by atoms with Crippen LogP contribution in [-0.2, 0) is 4.79 Å². The molecule has 1 aromatic carbocycles. The summed E-state index contributed by atoms with van der Waals surface area (Å²) in [7, 11) is 0. The van der Waals surface area contributed by atoms with Gasteiger partial charge in [-0.05, 0) is 17.5 Å². The molecule has 0 spiro atoms. The van der Waals surface area contributed by atoms with Crippen LogP contribution in [-0.4, -0.2) is 27.1 Å². The van der Waals surface area contributed by atoms with Gasteiger partial charge in [0.25, 0.3) is 0 Å². The van der Waals surface area contributed by atoms with E-state index in [2.05, 4.69) is 15.0 Å². The zero-order valence-corrected chi connectivity index (χ0v) is 12.6. The first-order chi connectivity index (χ1) is 10.5. The zero-order chi connectivity index (χ0) is 15.7. The van der Waals surface area contributed by atoms with Gasteiger partial charge in [0.05, 0.1) is 11.1 Å². The Kier molecular flexibility index (Phi) is 3.48. The number of carbonyl (C=O) groups excluding carboxylic acids is 1. The van der Waals surface area contributed by atoms with E-state index in [9.17, 15) is 9.90 Å². The van der Waals surface area contributed by atoms with Crippen LogP contribution in [0.1, 0.15) is 26.7 Å². The first kappa shape index (κ1) is 14.4. The van der Waals surface area contributed by atoms with Crippen molar-refractivity contribution in [2.45, 2.75) is 26.7 Å². The average Bonchev–Trinajstić information content (AvgIpc) is 2.45. The normalized spacial score (nSPS) is 18.4. The second-order valence-electron chi connectivity index (χ2n) is 6.27. The highest BCUT2D eigenvalue weighted by Gasteiger charge is 2.32. The lowest BCUT2D eigenvalue weighted by atomic mass is 9.77. The van der Waals surface area contributed by atoms with Crippen molar-refractivity contribution in [3.8, 4) is 0 Å². The number of hydrogen-bond acceptors (Lipinski definition) is 5. The number of aliphatic hydroxyl groups is 1. The predicted octanol–water partition coefficient (Wildman–Crippen LogP) is 3.53. The average molecular weight is 295 g/mol. The van der Waals surface area contributed by atoms with Crippen LogP contribution in [0.3, 0.4) is 0 Å². The molecule has 3 rings (SSSR count). The van der Waals surface area contributed by atoms with E-state index in [0.717, 1.165) is 10.9 Å². The van der Waals surface area contributed by atoms with Gasteiger partial charge in [0.1, 0.15) is 12.1 Å².